The number of urea groups is 1. The first-order chi connectivity index (χ1) is 9.93. The maximum atomic E-state index is 12.1. The monoisotopic (exact) mass is 290 g/mol. The predicted octanol–water partition coefficient (Wildman–Crippen LogP) is 3.21. The van der Waals surface area contributed by atoms with Crippen molar-refractivity contribution in [2.75, 3.05) is 5.32 Å². The van der Waals surface area contributed by atoms with Crippen LogP contribution in [0.2, 0.25) is 0 Å². The number of amides is 2. The van der Waals surface area contributed by atoms with Crippen LogP contribution < -0.4 is 10.6 Å². The van der Waals surface area contributed by atoms with Gasteiger partial charge in [-0.15, -0.1) is 0 Å². The fourth-order valence-electron chi connectivity index (χ4n) is 2.87. The Bertz CT molecular complexity index is 548. The summed E-state index contributed by atoms with van der Waals surface area (Å²) in [5.74, 6) is -0.946. The maximum absolute atomic E-state index is 12.1. The van der Waals surface area contributed by atoms with E-state index in [-0.39, 0.29) is 0 Å². The summed E-state index contributed by atoms with van der Waals surface area (Å²) >= 11 is 0. The number of aryl methyl sites for hydroxylation is 2. The summed E-state index contributed by atoms with van der Waals surface area (Å²) in [6, 6.07) is 5.27. The summed E-state index contributed by atoms with van der Waals surface area (Å²) in [5, 5.41) is 14.9. The van der Waals surface area contributed by atoms with Crippen molar-refractivity contribution in [3.63, 3.8) is 0 Å². The fourth-order valence-corrected chi connectivity index (χ4v) is 2.87. The molecule has 0 unspecified atom stereocenters. The van der Waals surface area contributed by atoms with Gasteiger partial charge in [0, 0.05) is 5.69 Å². The van der Waals surface area contributed by atoms with Crippen LogP contribution in [-0.4, -0.2) is 22.6 Å². The third kappa shape index (κ3) is 3.54. The molecule has 1 aliphatic rings. The SMILES string of the molecule is Cc1ccc(NC(=O)NC2(C(=O)O)CCCCC2)c(C)c1. The van der Waals surface area contributed by atoms with E-state index in [1.807, 2.05) is 32.0 Å². The molecule has 5 heteroatoms. The first-order valence-electron chi connectivity index (χ1n) is 7.33. The predicted molar refractivity (Wildman–Crippen MR) is 81.5 cm³/mol. The van der Waals surface area contributed by atoms with Crippen LogP contribution in [0.1, 0.15) is 43.2 Å². The van der Waals surface area contributed by atoms with Crippen LogP contribution in [-0.2, 0) is 4.79 Å². The Morgan fingerprint density at radius 2 is 1.81 bits per heavy atom. The van der Waals surface area contributed by atoms with Crippen LogP contribution >= 0.6 is 0 Å². The van der Waals surface area contributed by atoms with Crippen molar-refractivity contribution >= 4 is 17.7 Å². The highest BCUT2D eigenvalue weighted by Gasteiger charge is 2.41. The van der Waals surface area contributed by atoms with Crippen molar-refractivity contribution in [2.45, 2.75) is 51.5 Å². The molecule has 21 heavy (non-hydrogen) atoms. The van der Waals surface area contributed by atoms with Crippen LogP contribution in [0.4, 0.5) is 10.5 Å². The van der Waals surface area contributed by atoms with Gasteiger partial charge >= 0.3 is 12.0 Å². The summed E-state index contributed by atoms with van der Waals surface area (Å²) in [5.41, 5.74) is 1.65. The van der Waals surface area contributed by atoms with Crippen LogP contribution in [0.25, 0.3) is 0 Å². The standard InChI is InChI=1S/C16H22N2O3/c1-11-6-7-13(12(2)10-11)17-15(21)18-16(14(19)20)8-4-3-5-9-16/h6-7,10H,3-5,8-9H2,1-2H3,(H,19,20)(H2,17,18,21). The highest BCUT2D eigenvalue weighted by molar-refractivity contribution is 5.94. The number of benzene rings is 1. The molecule has 0 atom stereocenters. The lowest BCUT2D eigenvalue weighted by molar-refractivity contribution is -0.145. The van der Waals surface area contributed by atoms with Crippen LogP contribution in [0.3, 0.4) is 0 Å². The van der Waals surface area contributed by atoms with Crippen molar-refractivity contribution in [1.29, 1.82) is 0 Å². The molecule has 0 heterocycles. The number of carboxylic acids is 1. The number of carbonyl (C=O) groups is 2. The first-order valence-corrected chi connectivity index (χ1v) is 7.33. The molecular weight excluding hydrogens is 268 g/mol. The third-order valence-corrected chi connectivity index (χ3v) is 4.10. The average Bonchev–Trinajstić information content (AvgIpc) is 2.43. The summed E-state index contributed by atoms with van der Waals surface area (Å²) < 4.78 is 0. The molecule has 1 aromatic carbocycles. The highest BCUT2D eigenvalue weighted by Crippen LogP contribution is 2.28. The lowest BCUT2D eigenvalue weighted by atomic mass is 9.82. The summed E-state index contributed by atoms with van der Waals surface area (Å²) in [6.07, 6.45) is 3.66. The van der Waals surface area contributed by atoms with Gasteiger partial charge < -0.3 is 15.7 Å². The summed E-state index contributed by atoms with van der Waals surface area (Å²) in [6.45, 7) is 3.90. The van der Waals surface area contributed by atoms with Gasteiger partial charge in [0.1, 0.15) is 5.54 Å². The van der Waals surface area contributed by atoms with Crippen molar-refractivity contribution in [3.8, 4) is 0 Å². The van der Waals surface area contributed by atoms with Crippen molar-refractivity contribution in [3.05, 3.63) is 29.3 Å². The number of anilines is 1. The van der Waals surface area contributed by atoms with Gasteiger partial charge in [-0.3, -0.25) is 0 Å². The molecule has 114 valence electrons. The maximum Gasteiger partial charge on any atom is 0.329 e. The van der Waals surface area contributed by atoms with Gasteiger partial charge in [-0.05, 0) is 38.3 Å². The van der Waals surface area contributed by atoms with E-state index in [1.54, 1.807) is 0 Å². The molecular formula is C16H22N2O3. The van der Waals surface area contributed by atoms with Crippen molar-refractivity contribution in [1.82, 2.24) is 5.32 Å². The van der Waals surface area contributed by atoms with E-state index in [0.29, 0.717) is 18.5 Å². The van der Waals surface area contributed by atoms with Gasteiger partial charge in [0.05, 0.1) is 0 Å². The van der Waals surface area contributed by atoms with E-state index in [2.05, 4.69) is 10.6 Å². The molecule has 1 saturated carbocycles. The van der Waals surface area contributed by atoms with E-state index in [0.717, 1.165) is 30.4 Å². The van der Waals surface area contributed by atoms with Gasteiger partial charge in [0.2, 0.25) is 0 Å². The average molecular weight is 290 g/mol. The normalized spacial score (nSPS) is 17.0. The molecule has 0 bridgehead atoms. The minimum absolute atomic E-state index is 0.453. The molecule has 0 aromatic heterocycles. The number of carboxylic acid groups (broad SMARTS) is 1. The van der Waals surface area contributed by atoms with Gasteiger partial charge in [-0.1, -0.05) is 37.0 Å². The third-order valence-electron chi connectivity index (χ3n) is 4.10. The minimum atomic E-state index is -1.12. The Morgan fingerprint density at radius 1 is 1.14 bits per heavy atom. The Hall–Kier alpha value is -2.04. The molecule has 1 aliphatic carbocycles. The highest BCUT2D eigenvalue weighted by atomic mass is 16.4. The van der Waals surface area contributed by atoms with E-state index in [9.17, 15) is 14.7 Å². The largest absolute Gasteiger partial charge is 0.480 e. The summed E-state index contributed by atoms with van der Waals surface area (Å²) in [7, 11) is 0. The Balaban J connectivity index is 2.07. The number of nitrogens with one attached hydrogen (secondary N) is 2. The molecule has 1 fully saturated rings. The number of rotatable bonds is 3. The van der Waals surface area contributed by atoms with Crippen LogP contribution in [0.5, 0.6) is 0 Å². The fraction of sp³-hybridized carbons (Fsp3) is 0.500. The van der Waals surface area contributed by atoms with E-state index in [1.165, 1.54) is 0 Å². The molecule has 0 aliphatic heterocycles. The quantitative estimate of drug-likeness (QED) is 0.799. The molecule has 2 rings (SSSR count). The zero-order valence-electron chi connectivity index (χ0n) is 12.5. The van der Waals surface area contributed by atoms with Gasteiger partial charge in [-0.25, -0.2) is 9.59 Å². The van der Waals surface area contributed by atoms with Gasteiger partial charge in [0.15, 0.2) is 0 Å². The van der Waals surface area contributed by atoms with E-state index < -0.39 is 17.5 Å². The van der Waals surface area contributed by atoms with Gasteiger partial charge in [-0.2, -0.15) is 0 Å². The van der Waals surface area contributed by atoms with Crippen molar-refractivity contribution < 1.29 is 14.7 Å². The second kappa shape index (κ2) is 6.16. The molecule has 5 nitrogen and oxygen atoms in total. The number of carbonyl (C=O) groups excluding carboxylic acids is 1. The lowest BCUT2D eigenvalue weighted by Gasteiger charge is -2.33. The zero-order valence-corrected chi connectivity index (χ0v) is 12.5. The van der Waals surface area contributed by atoms with Gasteiger partial charge in [0.25, 0.3) is 0 Å². The Kier molecular flexibility index (Phi) is 4.50. The number of aliphatic carboxylic acids is 1. The second-order valence-electron chi connectivity index (χ2n) is 5.85. The van der Waals surface area contributed by atoms with E-state index in [4.69, 9.17) is 0 Å². The van der Waals surface area contributed by atoms with Crippen LogP contribution in [0, 0.1) is 13.8 Å². The first kappa shape index (κ1) is 15.4. The second-order valence-corrected chi connectivity index (χ2v) is 5.85. The lowest BCUT2D eigenvalue weighted by Crippen LogP contribution is -2.56. The summed E-state index contributed by atoms with van der Waals surface area (Å²) in [4.78, 5) is 23.7. The molecule has 3 N–H and O–H groups in total. The Labute approximate surface area is 124 Å². The molecule has 0 radical (unpaired) electrons. The smallest absolute Gasteiger partial charge is 0.329 e. The zero-order chi connectivity index (χ0) is 15.5. The topological polar surface area (TPSA) is 78.4 Å². The number of hydrogen-bond donors (Lipinski definition) is 3. The molecule has 0 saturated heterocycles. The van der Waals surface area contributed by atoms with Crippen LogP contribution in [0.15, 0.2) is 18.2 Å². The Morgan fingerprint density at radius 3 is 2.38 bits per heavy atom. The van der Waals surface area contributed by atoms with E-state index >= 15 is 0 Å². The molecule has 0 spiro atoms. The molecule has 1 aromatic rings. The molecule has 2 amide bonds. The minimum Gasteiger partial charge on any atom is -0.480 e. The van der Waals surface area contributed by atoms with Crippen molar-refractivity contribution in [2.24, 2.45) is 0 Å². The number of hydrogen-bond acceptors (Lipinski definition) is 2.